The zero-order valence-electron chi connectivity index (χ0n) is 11.3. The van der Waals surface area contributed by atoms with Gasteiger partial charge in [0.1, 0.15) is 4.88 Å². The van der Waals surface area contributed by atoms with E-state index in [0.29, 0.717) is 15.6 Å². The van der Waals surface area contributed by atoms with Crippen LogP contribution < -0.4 is 11.1 Å². The summed E-state index contributed by atoms with van der Waals surface area (Å²) in [5.41, 5.74) is 6.90. The van der Waals surface area contributed by atoms with Crippen LogP contribution in [0.4, 0.5) is 5.69 Å². The highest BCUT2D eigenvalue weighted by atomic mass is 35.5. The number of anilines is 1. The molecule has 5 heteroatoms. The standard InChI is InChI=1S/C15H17ClN2OS/c1-15(5-2-6-15)8-18-14(19)13-12(17)10-4-3-9(16)7-11(10)20-13/h3-4,7H,2,5-6,8,17H2,1H3,(H,18,19). The van der Waals surface area contributed by atoms with Crippen LogP contribution >= 0.6 is 22.9 Å². The number of benzene rings is 1. The van der Waals surface area contributed by atoms with Gasteiger partial charge in [0.25, 0.3) is 5.91 Å². The first-order chi connectivity index (χ1) is 9.48. The van der Waals surface area contributed by atoms with Gasteiger partial charge >= 0.3 is 0 Å². The second kappa shape index (κ2) is 4.93. The summed E-state index contributed by atoms with van der Waals surface area (Å²) >= 11 is 7.37. The third-order valence-corrected chi connectivity index (χ3v) is 5.54. The van der Waals surface area contributed by atoms with Gasteiger partial charge in [-0.15, -0.1) is 11.3 Å². The first-order valence-corrected chi connectivity index (χ1v) is 7.94. The van der Waals surface area contributed by atoms with Crippen molar-refractivity contribution < 1.29 is 4.79 Å². The third kappa shape index (κ3) is 2.38. The van der Waals surface area contributed by atoms with Gasteiger partial charge in [0.15, 0.2) is 0 Å². The number of carbonyl (C=O) groups is 1. The van der Waals surface area contributed by atoms with Crippen LogP contribution in [0.2, 0.25) is 5.02 Å². The molecule has 1 aromatic carbocycles. The van der Waals surface area contributed by atoms with Crippen molar-refractivity contribution in [2.45, 2.75) is 26.2 Å². The maximum atomic E-state index is 12.3. The highest BCUT2D eigenvalue weighted by molar-refractivity contribution is 7.21. The van der Waals surface area contributed by atoms with E-state index >= 15 is 0 Å². The first kappa shape index (κ1) is 13.7. The lowest BCUT2D eigenvalue weighted by atomic mass is 9.70. The van der Waals surface area contributed by atoms with Crippen molar-refractivity contribution in [3.05, 3.63) is 28.1 Å². The molecule has 3 nitrogen and oxygen atoms in total. The number of nitrogens with two attached hydrogens (primary N) is 1. The topological polar surface area (TPSA) is 55.1 Å². The van der Waals surface area contributed by atoms with E-state index in [1.807, 2.05) is 12.1 Å². The van der Waals surface area contributed by atoms with Crippen molar-refractivity contribution in [2.75, 3.05) is 12.3 Å². The molecule has 1 amide bonds. The smallest absolute Gasteiger partial charge is 0.263 e. The zero-order valence-corrected chi connectivity index (χ0v) is 12.9. The van der Waals surface area contributed by atoms with E-state index in [1.165, 1.54) is 30.6 Å². The number of fused-ring (bicyclic) bond motifs is 1. The van der Waals surface area contributed by atoms with Crippen LogP contribution in [0.5, 0.6) is 0 Å². The van der Waals surface area contributed by atoms with Gasteiger partial charge in [-0.25, -0.2) is 0 Å². The second-order valence-corrected chi connectivity index (χ2v) is 7.32. The van der Waals surface area contributed by atoms with Crippen molar-refractivity contribution in [3.63, 3.8) is 0 Å². The Balaban J connectivity index is 1.82. The molecule has 0 atom stereocenters. The summed E-state index contributed by atoms with van der Waals surface area (Å²) in [5.74, 6) is -0.0760. The molecule has 0 aliphatic heterocycles. The normalized spacial score (nSPS) is 16.9. The fourth-order valence-electron chi connectivity index (χ4n) is 2.59. The van der Waals surface area contributed by atoms with E-state index < -0.39 is 0 Å². The van der Waals surface area contributed by atoms with E-state index in [4.69, 9.17) is 17.3 Å². The molecule has 1 fully saturated rings. The number of amides is 1. The van der Waals surface area contributed by atoms with Crippen LogP contribution in [0.25, 0.3) is 10.1 Å². The molecule has 1 aliphatic carbocycles. The van der Waals surface area contributed by atoms with Gasteiger partial charge in [-0.1, -0.05) is 24.9 Å². The summed E-state index contributed by atoms with van der Waals surface area (Å²) in [7, 11) is 0. The van der Waals surface area contributed by atoms with Gasteiger partial charge in [-0.3, -0.25) is 4.79 Å². The van der Waals surface area contributed by atoms with Crippen LogP contribution in [0.15, 0.2) is 18.2 Å². The number of hydrogen-bond donors (Lipinski definition) is 2. The molecule has 3 N–H and O–H groups in total. The lowest BCUT2D eigenvalue weighted by Crippen LogP contribution is -2.39. The predicted octanol–water partition coefficient (Wildman–Crippen LogP) is 4.06. The van der Waals surface area contributed by atoms with Crippen LogP contribution in [-0.4, -0.2) is 12.5 Å². The molecule has 20 heavy (non-hydrogen) atoms. The zero-order chi connectivity index (χ0) is 14.3. The van der Waals surface area contributed by atoms with E-state index in [9.17, 15) is 4.79 Å². The van der Waals surface area contributed by atoms with Gasteiger partial charge in [0.05, 0.1) is 5.69 Å². The van der Waals surface area contributed by atoms with Crippen LogP contribution in [0.1, 0.15) is 35.9 Å². The van der Waals surface area contributed by atoms with Crippen LogP contribution in [0, 0.1) is 5.41 Å². The summed E-state index contributed by atoms with van der Waals surface area (Å²) in [6.45, 7) is 2.94. The fraction of sp³-hybridized carbons (Fsp3) is 0.400. The molecule has 0 spiro atoms. The third-order valence-electron chi connectivity index (χ3n) is 4.13. The molecule has 106 valence electrons. The summed E-state index contributed by atoms with van der Waals surface area (Å²) in [6.07, 6.45) is 3.63. The molecular weight excluding hydrogens is 292 g/mol. The Labute approximate surface area is 127 Å². The number of nitrogen functional groups attached to an aromatic ring is 1. The number of halogens is 1. The Morgan fingerprint density at radius 3 is 2.90 bits per heavy atom. The van der Waals surface area contributed by atoms with Crippen LogP contribution in [-0.2, 0) is 0 Å². The van der Waals surface area contributed by atoms with Gasteiger partial charge in [0.2, 0.25) is 0 Å². The molecule has 0 radical (unpaired) electrons. The number of hydrogen-bond acceptors (Lipinski definition) is 3. The number of thiophene rings is 1. The van der Waals surface area contributed by atoms with Gasteiger partial charge < -0.3 is 11.1 Å². The molecule has 3 rings (SSSR count). The van der Waals surface area contributed by atoms with Crippen molar-refractivity contribution >= 4 is 44.6 Å². The Kier molecular flexibility index (Phi) is 3.38. The van der Waals surface area contributed by atoms with Crippen LogP contribution in [0.3, 0.4) is 0 Å². The molecule has 0 bridgehead atoms. The molecule has 1 aliphatic rings. The van der Waals surface area contributed by atoms with E-state index in [0.717, 1.165) is 16.6 Å². The van der Waals surface area contributed by atoms with Gasteiger partial charge in [-0.05, 0) is 36.5 Å². The second-order valence-electron chi connectivity index (χ2n) is 5.83. The Bertz CT molecular complexity index is 676. The SMILES string of the molecule is CC1(CNC(=O)c2sc3cc(Cl)ccc3c2N)CCC1. The maximum Gasteiger partial charge on any atom is 0.263 e. The minimum Gasteiger partial charge on any atom is -0.397 e. The number of rotatable bonds is 3. The molecule has 2 aromatic rings. The Hall–Kier alpha value is -1.26. The predicted molar refractivity (Wildman–Crippen MR) is 85.5 cm³/mol. The average molecular weight is 309 g/mol. The van der Waals surface area contributed by atoms with Gasteiger partial charge in [0, 0.05) is 21.7 Å². The number of carbonyl (C=O) groups excluding carboxylic acids is 1. The van der Waals surface area contributed by atoms with E-state index in [-0.39, 0.29) is 11.3 Å². The largest absolute Gasteiger partial charge is 0.397 e. The first-order valence-electron chi connectivity index (χ1n) is 6.74. The molecule has 1 aromatic heterocycles. The van der Waals surface area contributed by atoms with Crippen molar-refractivity contribution in [2.24, 2.45) is 5.41 Å². The lowest BCUT2D eigenvalue weighted by molar-refractivity contribution is 0.0895. The van der Waals surface area contributed by atoms with Crippen molar-refractivity contribution in [3.8, 4) is 0 Å². The molecular formula is C15H17ClN2OS. The minimum absolute atomic E-state index is 0.0760. The molecule has 1 saturated carbocycles. The Morgan fingerprint density at radius 2 is 2.25 bits per heavy atom. The molecule has 1 heterocycles. The van der Waals surface area contributed by atoms with E-state index in [1.54, 1.807) is 6.07 Å². The fourth-order valence-corrected chi connectivity index (χ4v) is 3.91. The number of nitrogens with one attached hydrogen (secondary N) is 1. The lowest BCUT2D eigenvalue weighted by Gasteiger charge is -2.38. The maximum absolute atomic E-state index is 12.3. The highest BCUT2D eigenvalue weighted by Gasteiger charge is 2.32. The molecule has 0 saturated heterocycles. The van der Waals surface area contributed by atoms with Gasteiger partial charge in [-0.2, -0.15) is 0 Å². The summed E-state index contributed by atoms with van der Waals surface area (Å²) < 4.78 is 0.954. The summed E-state index contributed by atoms with van der Waals surface area (Å²) in [5, 5.41) is 4.58. The Morgan fingerprint density at radius 1 is 1.50 bits per heavy atom. The summed E-state index contributed by atoms with van der Waals surface area (Å²) in [4.78, 5) is 12.9. The van der Waals surface area contributed by atoms with E-state index in [2.05, 4.69) is 12.2 Å². The minimum atomic E-state index is -0.0760. The monoisotopic (exact) mass is 308 g/mol. The van der Waals surface area contributed by atoms with Crippen molar-refractivity contribution in [1.82, 2.24) is 5.32 Å². The highest BCUT2D eigenvalue weighted by Crippen LogP contribution is 2.40. The summed E-state index contributed by atoms with van der Waals surface area (Å²) in [6, 6.07) is 5.51. The van der Waals surface area contributed by atoms with Crippen molar-refractivity contribution in [1.29, 1.82) is 0 Å². The average Bonchev–Trinajstić information content (AvgIpc) is 2.70. The molecule has 0 unspecified atom stereocenters. The quantitative estimate of drug-likeness (QED) is 0.898.